The molecule has 0 bridgehead atoms. The number of likely N-dealkylation sites (tertiary alicyclic amines) is 1. The second-order valence-electron chi connectivity index (χ2n) is 4.75. The van der Waals surface area contributed by atoms with Gasteiger partial charge in [0.1, 0.15) is 11.8 Å². The minimum Gasteiger partial charge on any atom is -0.444 e. The minimum absolute atomic E-state index is 0.0151. The van der Waals surface area contributed by atoms with Crippen LogP contribution in [-0.4, -0.2) is 39.8 Å². The Balaban J connectivity index is 2.48. The molecule has 1 amide bonds. The zero-order valence-corrected chi connectivity index (χ0v) is 11.5. The van der Waals surface area contributed by atoms with Gasteiger partial charge in [-0.1, -0.05) is 22.6 Å². The topological polar surface area (TPSA) is 29.5 Å². The number of piperidine rings is 1. The van der Waals surface area contributed by atoms with Gasteiger partial charge in [0.15, 0.2) is 0 Å². The van der Waals surface area contributed by atoms with Crippen molar-refractivity contribution in [3.05, 3.63) is 0 Å². The summed E-state index contributed by atoms with van der Waals surface area (Å²) in [6, 6.07) is 0. The number of amides is 1. The number of ether oxygens (including phenoxy) is 1. The first-order chi connectivity index (χ1) is 6.79. The van der Waals surface area contributed by atoms with Crippen LogP contribution in [0.3, 0.4) is 0 Å². The van der Waals surface area contributed by atoms with E-state index in [4.69, 9.17) is 4.74 Å². The monoisotopic (exact) mass is 329 g/mol. The summed E-state index contributed by atoms with van der Waals surface area (Å²) in [6.07, 6.45) is -0.652. The maximum Gasteiger partial charge on any atom is 0.410 e. The molecule has 0 unspecified atom stereocenters. The van der Waals surface area contributed by atoms with Crippen molar-refractivity contribution in [3.63, 3.8) is 0 Å². The van der Waals surface area contributed by atoms with Gasteiger partial charge in [0, 0.05) is 10.5 Å². The summed E-state index contributed by atoms with van der Waals surface area (Å²) in [4.78, 5) is 13.1. The quantitative estimate of drug-likeness (QED) is 0.505. The Morgan fingerprint density at radius 2 is 2.13 bits per heavy atom. The van der Waals surface area contributed by atoms with Crippen LogP contribution in [0.25, 0.3) is 0 Å². The molecule has 2 atom stereocenters. The van der Waals surface area contributed by atoms with Crippen molar-refractivity contribution < 1.29 is 13.9 Å². The molecular weight excluding hydrogens is 312 g/mol. The van der Waals surface area contributed by atoms with Crippen molar-refractivity contribution in [1.82, 2.24) is 4.90 Å². The zero-order valence-electron chi connectivity index (χ0n) is 9.30. The van der Waals surface area contributed by atoms with Gasteiger partial charge in [-0.15, -0.1) is 0 Å². The second kappa shape index (κ2) is 4.84. The highest BCUT2D eigenvalue weighted by Crippen LogP contribution is 2.22. The van der Waals surface area contributed by atoms with Gasteiger partial charge in [0.25, 0.3) is 0 Å². The summed E-state index contributed by atoms with van der Waals surface area (Å²) >= 11 is 2.09. The van der Waals surface area contributed by atoms with Crippen LogP contribution in [0.4, 0.5) is 9.18 Å². The van der Waals surface area contributed by atoms with E-state index in [1.165, 1.54) is 4.90 Å². The largest absolute Gasteiger partial charge is 0.444 e. The van der Waals surface area contributed by atoms with Gasteiger partial charge in [0.05, 0.1) is 6.54 Å². The van der Waals surface area contributed by atoms with Crippen LogP contribution in [0.5, 0.6) is 0 Å². The minimum atomic E-state index is -0.938. The van der Waals surface area contributed by atoms with Crippen LogP contribution in [0.2, 0.25) is 0 Å². The number of rotatable bonds is 0. The average molecular weight is 329 g/mol. The molecule has 0 aliphatic carbocycles. The van der Waals surface area contributed by atoms with Gasteiger partial charge in [-0.05, 0) is 27.2 Å². The third-order valence-electron chi connectivity index (χ3n) is 2.11. The number of hydrogen-bond acceptors (Lipinski definition) is 2. The van der Waals surface area contributed by atoms with Gasteiger partial charge in [0.2, 0.25) is 0 Å². The predicted molar refractivity (Wildman–Crippen MR) is 65.1 cm³/mol. The fraction of sp³-hybridized carbons (Fsp3) is 0.900. The summed E-state index contributed by atoms with van der Waals surface area (Å²) < 4.78 is 18.6. The summed E-state index contributed by atoms with van der Waals surface area (Å²) in [5.41, 5.74) is -0.510. The summed E-state index contributed by atoms with van der Waals surface area (Å²) in [7, 11) is 0. The second-order valence-corrected chi connectivity index (χ2v) is 6.35. The van der Waals surface area contributed by atoms with E-state index < -0.39 is 17.9 Å². The molecule has 0 aromatic heterocycles. The first kappa shape index (κ1) is 13.0. The van der Waals surface area contributed by atoms with E-state index in [1.807, 2.05) is 20.8 Å². The van der Waals surface area contributed by atoms with Gasteiger partial charge in [-0.25, -0.2) is 9.18 Å². The van der Waals surface area contributed by atoms with E-state index in [0.717, 1.165) is 0 Å². The third-order valence-corrected chi connectivity index (χ3v) is 3.52. The smallest absolute Gasteiger partial charge is 0.410 e. The van der Waals surface area contributed by atoms with Crippen molar-refractivity contribution in [2.75, 3.05) is 13.1 Å². The predicted octanol–water partition coefficient (Wildman–Crippen LogP) is 2.77. The maximum absolute atomic E-state index is 13.4. The van der Waals surface area contributed by atoms with Crippen LogP contribution in [0.15, 0.2) is 0 Å². The lowest BCUT2D eigenvalue weighted by Gasteiger charge is -2.33. The van der Waals surface area contributed by atoms with Gasteiger partial charge < -0.3 is 9.64 Å². The Hall–Kier alpha value is -0.0700. The first-order valence-corrected chi connectivity index (χ1v) is 6.30. The van der Waals surface area contributed by atoms with E-state index in [-0.39, 0.29) is 10.5 Å². The van der Waals surface area contributed by atoms with Gasteiger partial charge >= 0.3 is 6.09 Å². The molecule has 0 N–H and O–H groups in total. The Morgan fingerprint density at radius 1 is 1.53 bits per heavy atom. The molecule has 0 saturated carbocycles. The molecule has 3 nitrogen and oxygen atoms in total. The molecule has 1 saturated heterocycles. The molecule has 0 spiro atoms. The molecule has 0 radical (unpaired) electrons. The number of carbonyl (C=O) groups excluding carboxylic acids is 1. The molecule has 1 aliphatic heterocycles. The van der Waals surface area contributed by atoms with Crippen LogP contribution < -0.4 is 0 Å². The van der Waals surface area contributed by atoms with Gasteiger partial charge in [-0.2, -0.15) is 0 Å². The lowest BCUT2D eigenvalue weighted by molar-refractivity contribution is 0.0152. The zero-order chi connectivity index (χ0) is 11.6. The highest BCUT2D eigenvalue weighted by molar-refractivity contribution is 14.1. The molecule has 5 heteroatoms. The molecule has 1 fully saturated rings. The summed E-state index contributed by atoms with van der Waals surface area (Å²) in [5.74, 6) is 0. The van der Waals surface area contributed by atoms with Crippen LogP contribution >= 0.6 is 22.6 Å². The summed E-state index contributed by atoms with van der Waals surface area (Å²) in [6.45, 7) is 6.17. The molecule has 1 heterocycles. The van der Waals surface area contributed by atoms with Gasteiger partial charge in [-0.3, -0.25) is 0 Å². The van der Waals surface area contributed by atoms with E-state index in [9.17, 15) is 9.18 Å². The number of hydrogen-bond donors (Lipinski definition) is 0. The molecule has 15 heavy (non-hydrogen) atoms. The Labute approximate surface area is 103 Å². The van der Waals surface area contributed by atoms with E-state index in [1.54, 1.807) is 0 Å². The first-order valence-electron chi connectivity index (χ1n) is 5.05. The lowest BCUT2D eigenvalue weighted by Crippen LogP contribution is -2.47. The fourth-order valence-corrected chi connectivity index (χ4v) is 1.87. The number of carbonyl (C=O) groups is 1. The van der Waals surface area contributed by atoms with Crippen molar-refractivity contribution in [3.8, 4) is 0 Å². The molecule has 1 aliphatic rings. The van der Waals surface area contributed by atoms with Crippen LogP contribution in [0.1, 0.15) is 27.2 Å². The normalized spacial score (nSPS) is 27.7. The average Bonchev–Trinajstić information content (AvgIpc) is 2.06. The molecular formula is C10H17FINO2. The van der Waals surface area contributed by atoms with Crippen molar-refractivity contribution in [2.45, 2.75) is 42.9 Å². The highest BCUT2D eigenvalue weighted by Gasteiger charge is 2.31. The van der Waals surface area contributed by atoms with E-state index in [0.29, 0.717) is 13.0 Å². The Bertz CT molecular complexity index is 242. The molecule has 1 rings (SSSR count). The lowest BCUT2D eigenvalue weighted by atomic mass is 10.1. The summed E-state index contributed by atoms with van der Waals surface area (Å²) in [5, 5.41) is 0. The van der Waals surface area contributed by atoms with Crippen molar-refractivity contribution in [2.24, 2.45) is 0 Å². The third kappa shape index (κ3) is 4.12. The van der Waals surface area contributed by atoms with Crippen LogP contribution in [-0.2, 0) is 4.74 Å². The van der Waals surface area contributed by atoms with E-state index in [2.05, 4.69) is 22.6 Å². The highest BCUT2D eigenvalue weighted by atomic mass is 127. The standard InChI is InChI=1S/C10H17FINO2/c1-10(2,3)15-9(14)13-5-4-8(12)7(11)6-13/h7-8H,4-6H2,1-3H3/t7-,8+/m0/s1. The number of halogens is 2. The fourth-order valence-electron chi connectivity index (χ4n) is 1.37. The van der Waals surface area contributed by atoms with E-state index >= 15 is 0 Å². The molecule has 0 aromatic rings. The van der Waals surface area contributed by atoms with Crippen molar-refractivity contribution >= 4 is 28.7 Å². The Morgan fingerprint density at radius 3 is 2.60 bits per heavy atom. The number of nitrogens with zero attached hydrogens (tertiary/aromatic N) is 1. The molecule has 88 valence electrons. The SMILES string of the molecule is CC(C)(C)OC(=O)N1CC[C@@H](I)[C@@H](F)C1. The molecule has 0 aromatic carbocycles. The number of alkyl halides is 2. The van der Waals surface area contributed by atoms with Crippen LogP contribution in [0, 0.1) is 0 Å². The van der Waals surface area contributed by atoms with Crippen molar-refractivity contribution in [1.29, 1.82) is 0 Å². The Kier molecular flexibility index (Phi) is 4.20. The maximum atomic E-state index is 13.4.